The maximum absolute atomic E-state index is 12.7. The SMILES string of the molecule is CCOCCn1c(=NC(=O)c2cnc3ccccc3n2)sc2ccccc21. The first kappa shape index (κ1) is 17.5. The maximum atomic E-state index is 12.7. The molecular formula is C20H18N4O2S. The van der Waals surface area contributed by atoms with Crippen LogP contribution in [-0.2, 0) is 11.3 Å². The Labute approximate surface area is 159 Å². The van der Waals surface area contributed by atoms with E-state index in [0.717, 1.165) is 15.7 Å². The summed E-state index contributed by atoms with van der Waals surface area (Å²) in [7, 11) is 0. The van der Waals surface area contributed by atoms with Crippen LogP contribution in [0.3, 0.4) is 0 Å². The van der Waals surface area contributed by atoms with E-state index in [1.54, 1.807) is 0 Å². The minimum absolute atomic E-state index is 0.238. The van der Waals surface area contributed by atoms with Crippen molar-refractivity contribution in [1.29, 1.82) is 0 Å². The number of para-hydroxylation sites is 3. The van der Waals surface area contributed by atoms with Gasteiger partial charge in [0, 0.05) is 13.2 Å². The van der Waals surface area contributed by atoms with Crippen LogP contribution in [0.1, 0.15) is 17.4 Å². The van der Waals surface area contributed by atoms with E-state index in [-0.39, 0.29) is 5.69 Å². The van der Waals surface area contributed by atoms with Crippen molar-refractivity contribution in [3.8, 4) is 0 Å². The molecule has 0 saturated carbocycles. The van der Waals surface area contributed by atoms with Crippen molar-refractivity contribution in [3.63, 3.8) is 0 Å². The van der Waals surface area contributed by atoms with Gasteiger partial charge < -0.3 is 9.30 Å². The number of rotatable bonds is 5. The predicted molar refractivity (Wildman–Crippen MR) is 106 cm³/mol. The molecule has 7 heteroatoms. The molecule has 1 amide bonds. The lowest BCUT2D eigenvalue weighted by Crippen LogP contribution is -2.20. The summed E-state index contributed by atoms with van der Waals surface area (Å²) in [4.78, 5) is 26.4. The van der Waals surface area contributed by atoms with Crippen molar-refractivity contribution in [3.05, 3.63) is 65.2 Å². The fourth-order valence-electron chi connectivity index (χ4n) is 2.83. The summed E-state index contributed by atoms with van der Waals surface area (Å²) in [6.07, 6.45) is 1.48. The molecule has 0 aliphatic heterocycles. The van der Waals surface area contributed by atoms with Gasteiger partial charge in [0.25, 0.3) is 5.91 Å². The molecule has 6 nitrogen and oxygen atoms in total. The highest BCUT2D eigenvalue weighted by Crippen LogP contribution is 2.17. The lowest BCUT2D eigenvalue weighted by atomic mass is 10.3. The zero-order chi connectivity index (χ0) is 18.6. The van der Waals surface area contributed by atoms with E-state index in [0.29, 0.717) is 30.1 Å². The number of hydrogen-bond acceptors (Lipinski definition) is 5. The van der Waals surface area contributed by atoms with Gasteiger partial charge in [-0.15, -0.1) is 0 Å². The molecule has 0 spiro atoms. The quantitative estimate of drug-likeness (QED) is 0.499. The molecule has 4 rings (SSSR count). The Morgan fingerprint density at radius 2 is 1.93 bits per heavy atom. The lowest BCUT2D eigenvalue weighted by Gasteiger charge is -2.05. The number of amides is 1. The molecule has 2 heterocycles. The number of hydrogen-bond donors (Lipinski definition) is 0. The van der Waals surface area contributed by atoms with Crippen LogP contribution in [0.15, 0.2) is 59.7 Å². The number of ether oxygens (including phenoxy) is 1. The normalized spacial score (nSPS) is 12.1. The third-order valence-electron chi connectivity index (χ3n) is 4.12. The molecule has 0 N–H and O–H groups in total. The van der Waals surface area contributed by atoms with E-state index in [9.17, 15) is 4.79 Å². The fourth-order valence-corrected chi connectivity index (χ4v) is 3.88. The molecule has 0 fully saturated rings. The average Bonchev–Trinajstić information content (AvgIpc) is 3.05. The summed E-state index contributed by atoms with van der Waals surface area (Å²) in [6, 6.07) is 15.5. The van der Waals surface area contributed by atoms with Gasteiger partial charge in [0.1, 0.15) is 5.69 Å². The Balaban J connectivity index is 1.76. The summed E-state index contributed by atoms with van der Waals surface area (Å²) in [5.74, 6) is -0.398. The number of carbonyl (C=O) groups excluding carboxylic acids is 1. The van der Waals surface area contributed by atoms with Crippen molar-refractivity contribution < 1.29 is 9.53 Å². The Kier molecular flexibility index (Phi) is 5.04. The van der Waals surface area contributed by atoms with Gasteiger partial charge in [-0.2, -0.15) is 4.99 Å². The second-order valence-electron chi connectivity index (χ2n) is 5.86. The summed E-state index contributed by atoms with van der Waals surface area (Å²) in [6.45, 7) is 3.81. The molecule has 0 bridgehead atoms. The van der Waals surface area contributed by atoms with Gasteiger partial charge in [0.05, 0.1) is 34.1 Å². The summed E-state index contributed by atoms with van der Waals surface area (Å²) < 4.78 is 8.57. The second kappa shape index (κ2) is 7.77. The van der Waals surface area contributed by atoms with Crippen LogP contribution in [0.2, 0.25) is 0 Å². The van der Waals surface area contributed by atoms with Gasteiger partial charge >= 0.3 is 0 Å². The average molecular weight is 378 g/mol. The van der Waals surface area contributed by atoms with Crippen molar-refractivity contribution in [1.82, 2.24) is 14.5 Å². The van der Waals surface area contributed by atoms with E-state index < -0.39 is 5.91 Å². The highest BCUT2D eigenvalue weighted by atomic mass is 32.1. The second-order valence-corrected chi connectivity index (χ2v) is 6.87. The number of aromatic nitrogens is 3. The Hall–Kier alpha value is -2.90. The molecule has 0 unspecified atom stereocenters. The monoisotopic (exact) mass is 378 g/mol. The zero-order valence-electron chi connectivity index (χ0n) is 14.8. The third-order valence-corrected chi connectivity index (χ3v) is 5.18. The minimum atomic E-state index is -0.398. The zero-order valence-corrected chi connectivity index (χ0v) is 15.6. The van der Waals surface area contributed by atoms with Gasteiger partial charge in [0.2, 0.25) is 0 Å². The standard InChI is InChI=1S/C20H18N4O2S/c1-2-26-12-11-24-17-9-5-6-10-18(17)27-20(24)23-19(25)16-13-21-14-7-3-4-8-15(14)22-16/h3-10,13H,2,11-12H2,1H3. The summed E-state index contributed by atoms with van der Waals surface area (Å²) in [5, 5.41) is 0. The number of carbonyl (C=O) groups is 1. The highest BCUT2D eigenvalue weighted by Gasteiger charge is 2.11. The number of benzene rings is 2. The van der Waals surface area contributed by atoms with Crippen LogP contribution in [0, 0.1) is 0 Å². The molecule has 4 aromatic rings. The highest BCUT2D eigenvalue weighted by molar-refractivity contribution is 7.16. The Morgan fingerprint density at radius 1 is 1.15 bits per heavy atom. The van der Waals surface area contributed by atoms with E-state index >= 15 is 0 Å². The molecule has 0 radical (unpaired) electrons. The minimum Gasteiger partial charge on any atom is -0.380 e. The first-order chi connectivity index (χ1) is 13.3. The molecule has 0 aliphatic rings. The molecule has 2 aromatic carbocycles. The predicted octanol–water partition coefficient (Wildman–Crippen LogP) is 3.42. The largest absolute Gasteiger partial charge is 0.380 e. The van der Waals surface area contributed by atoms with Crippen LogP contribution in [0.25, 0.3) is 21.3 Å². The van der Waals surface area contributed by atoms with Gasteiger partial charge in [-0.1, -0.05) is 35.6 Å². The molecule has 0 atom stereocenters. The number of thiazole rings is 1. The third kappa shape index (κ3) is 3.65. The van der Waals surface area contributed by atoms with E-state index in [4.69, 9.17) is 4.74 Å². The smallest absolute Gasteiger partial charge is 0.299 e. The van der Waals surface area contributed by atoms with Crippen molar-refractivity contribution in [2.45, 2.75) is 13.5 Å². The number of nitrogens with zero attached hydrogens (tertiary/aromatic N) is 4. The first-order valence-corrected chi connectivity index (χ1v) is 9.55. The molecular weight excluding hydrogens is 360 g/mol. The van der Waals surface area contributed by atoms with Crippen molar-refractivity contribution in [2.75, 3.05) is 13.2 Å². The van der Waals surface area contributed by atoms with Crippen LogP contribution in [0.5, 0.6) is 0 Å². The fraction of sp³-hybridized carbons (Fsp3) is 0.200. The molecule has 136 valence electrons. The molecule has 0 aliphatic carbocycles. The molecule has 0 saturated heterocycles. The first-order valence-electron chi connectivity index (χ1n) is 8.73. The van der Waals surface area contributed by atoms with Crippen molar-refractivity contribution in [2.24, 2.45) is 4.99 Å². The van der Waals surface area contributed by atoms with Crippen LogP contribution in [-0.4, -0.2) is 33.7 Å². The van der Waals surface area contributed by atoms with Gasteiger partial charge in [-0.3, -0.25) is 9.78 Å². The molecule has 27 heavy (non-hydrogen) atoms. The van der Waals surface area contributed by atoms with E-state index in [1.807, 2.05) is 60.0 Å². The van der Waals surface area contributed by atoms with Crippen LogP contribution in [0.4, 0.5) is 0 Å². The van der Waals surface area contributed by atoms with Gasteiger partial charge in [0.15, 0.2) is 4.80 Å². The van der Waals surface area contributed by atoms with Gasteiger partial charge in [-0.25, -0.2) is 4.98 Å². The Morgan fingerprint density at radius 3 is 2.78 bits per heavy atom. The van der Waals surface area contributed by atoms with Crippen molar-refractivity contribution >= 4 is 38.5 Å². The topological polar surface area (TPSA) is 69.4 Å². The van der Waals surface area contributed by atoms with E-state index in [1.165, 1.54) is 17.5 Å². The van der Waals surface area contributed by atoms with Gasteiger partial charge in [-0.05, 0) is 31.2 Å². The Bertz CT molecular complexity index is 1180. The van der Waals surface area contributed by atoms with Crippen LogP contribution < -0.4 is 4.80 Å². The molecule has 2 aromatic heterocycles. The van der Waals surface area contributed by atoms with E-state index in [2.05, 4.69) is 15.0 Å². The summed E-state index contributed by atoms with van der Waals surface area (Å²) >= 11 is 1.48. The lowest BCUT2D eigenvalue weighted by molar-refractivity contribution is 0.0992. The summed E-state index contributed by atoms with van der Waals surface area (Å²) in [5.41, 5.74) is 2.71. The van der Waals surface area contributed by atoms with Crippen LogP contribution >= 0.6 is 11.3 Å². The number of fused-ring (bicyclic) bond motifs is 2. The maximum Gasteiger partial charge on any atom is 0.299 e.